The van der Waals surface area contributed by atoms with Crippen LogP contribution in [0.1, 0.15) is 43.7 Å². The van der Waals surface area contributed by atoms with Crippen molar-refractivity contribution in [1.82, 2.24) is 10.2 Å². The molecule has 0 aromatic heterocycles. The fourth-order valence-corrected chi connectivity index (χ4v) is 6.32. The predicted octanol–water partition coefficient (Wildman–Crippen LogP) is 4.81. The van der Waals surface area contributed by atoms with E-state index in [2.05, 4.69) is 5.32 Å². The van der Waals surface area contributed by atoms with E-state index >= 15 is 0 Å². The zero-order valence-corrected chi connectivity index (χ0v) is 24.4. The van der Waals surface area contributed by atoms with Gasteiger partial charge in [0.15, 0.2) is 0 Å². The van der Waals surface area contributed by atoms with Crippen LogP contribution in [0.3, 0.4) is 0 Å². The molecule has 0 bridgehead atoms. The fourth-order valence-electron chi connectivity index (χ4n) is 4.92. The SMILES string of the molecule is COc1cccc(N(CC(=O)N(Cc2ccccc2F)C(C)C(=O)NC2CCCC2)S(=O)(=O)c2ccc(C)cc2)c1. The van der Waals surface area contributed by atoms with E-state index < -0.39 is 34.3 Å². The van der Waals surface area contributed by atoms with E-state index in [-0.39, 0.29) is 34.6 Å². The number of nitrogens with zero attached hydrogens (tertiary/aromatic N) is 2. The van der Waals surface area contributed by atoms with Gasteiger partial charge in [0, 0.05) is 24.2 Å². The summed E-state index contributed by atoms with van der Waals surface area (Å²) < 4.78 is 48.9. The summed E-state index contributed by atoms with van der Waals surface area (Å²) in [5.41, 5.74) is 1.31. The molecule has 8 nitrogen and oxygen atoms in total. The topological polar surface area (TPSA) is 96.0 Å². The molecule has 41 heavy (non-hydrogen) atoms. The Kier molecular flexibility index (Phi) is 9.65. The van der Waals surface area contributed by atoms with Gasteiger partial charge < -0.3 is 15.0 Å². The van der Waals surface area contributed by atoms with Gasteiger partial charge in [0.2, 0.25) is 11.8 Å². The fraction of sp³-hybridized carbons (Fsp3) is 0.355. The standard InChI is InChI=1S/C31H36FN3O5S/c1-22-15-17-28(18-16-22)41(38,39)35(26-12-8-13-27(19-26)40-3)21-30(36)34(20-24-9-4-7-14-29(24)32)23(2)31(37)33-25-10-5-6-11-25/h4,7-9,12-19,23,25H,5-6,10-11,20-21H2,1-3H3,(H,33,37). The van der Waals surface area contributed by atoms with Crippen molar-refractivity contribution in [2.75, 3.05) is 18.0 Å². The molecular formula is C31H36FN3O5S. The molecule has 0 radical (unpaired) electrons. The highest BCUT2D eigenvalue weighted by Gasteiger charge is 2.33. The number of hydrogen-bond acceptors (Lipinski definition) is 5. The van der Waals surface area contributed by atoms with Gasteiger partial charge in [0.1, 0.15) is 24.2 Å². The van der Waals surface area contributed by atoms with Crippen LogP contribution < -0.4 is 14.4 Å². The Labute approximate surface area is 241 Å². The maximum absolute atomic E-state index is 14.7. The quantitative estimate of drug-likeness (QED) is 0.351. The van der Waals surface area contributed by atoms with E-state index in [1.165, 1.54) is 36.3 Å². The van der Waals surface area contributed by atoms with Crippen LogP contribution >= 0.6 is 0 Å². The minimum absolute atomic E-state index is 0.00592. The monoisotopic (exact) mass is 581 g/mol. The number of aryl methyl sites for hydroxylation is 1. The summed E-state index contributed by atoms with van der Waals surface area (Å²) in [6.07, 6.45) is 3.75. The Bertz CT molecular complexity index is 1470. The lowest BCUT2D eigenvalue weighted by atomic mass is 10.1. The molecule has 0 heterocycles. The average molecular weight is 582 g/mol. The lowest BCUT2D eigenvalue weighted by Crippen LogP contribution is -2.52. The van der Waals surface area contributed by atoms with Crippen molar-refractivity contribution >= 4 is 27.5 Å². The smallest absolute Gasteiger partial charge is 0.264 e. The van der Waals surface area contributed by atoms with Gasteiger partial charge in [-0.2, -0.15) is 0 Å². The first-order valence-corrected chi connectivity index (χ1v) is 15.1. The first-order valence-electron chi connectivity index (χ1n) is 13.7. The van der Waals surface area contributed by atoms with Crippen LogP contribution in [0, 0.1) is 12.7 Å². The van der Waals surface area contributed by atoms with Gasteiger partial charge in [-0.3, -0.25) is 13.9 Å². The van der Waals surface area contributed by atoms with Crippen molar-refractivity contribution in [2.45, 2.75) is 63.1 Å². The second-order valence-corrected chi connectivity index (χ2v) is 12.2. The molecule has 1 aliphatic rings. The Morgan fingerprint density at radius 2 is 1.71 bits per heavy atom. The molecule has 0 saturated heterocycles. The summed E-state index contributed by atoms with van der Waals surface area (Å²) >= 11 is 0. The van der Waals surface area contributed by atoms with Crippen molar-refractivity contribution in [3.05, 3.63) is 89.7 Å². The number of carbonyl (C=O) groups is 2. The lowest BCUT2D eigenvalue weighted by molar-refractivity contribution is -0.139. The molecule has 1 aliphatic carbocycles. The second kappa shape index (κ2) is 13.2. The van der Waals surface area contributed by atoms with Crippen molar-refractivity contribution in [3.8, 4) is 5.75 Å². The molecule has 0 aliphatic heterocycles. The number of ether oxygens (including phenoxy) is 1. The Balaban J connectivity index is 1.71. The highest BCUT2D eigenvalue weighted by atomic mass is 32.2. The predicted molar refractivity (Wildman–Crippen MR) is 156 cm³/mol. The van der Waals surface area contributed by atoms with E-state index in [1.54, 1.807) is 55.5 Å². The number of amides is 2. The van der Waals surface area contributed by atoms with Crippen LogP contribution in [-0.2, 0) is 26.2 Å². The van der Waals surface area contributed by atoms with E-state index in [9.17, 15) is 22.4 Å². The maximum atomic E-state index is 14.7. The number of hydrogen-bond donors (Lipinski definition) is 1. The lowest BCUT2D eigenvalue weighted by Gasteiger charge is -2.32. The van der Waals surface area contributed by atoms with Gasteiger partial charge in [-0.1, -0.05) is 54.8 Å². The van der Waals surface area contributed by atoms with E-state index in [0.717, 1.165) is 35.6 Å². The summed E-state index contributed by atoms with van der Waals surface area (Å²) in [6.45, 7) is 2.60. The number of carbonyl (C=O) groups excluding carboxylic acids is 2. The first kappa shape index (κ1) is 30.0. The minimum atomic E-state index is -4.21. The number of benzene rings is 3. The van der Waals surface area contributed by atoms with Gasteiger partial charge in [0.25, 0.3) is 10.0 Å². The zero-order valence-electron chi connectivity index (χ0n) is 23.5. The molecule has 1 saturated carbocycles. The molecule has 1 unspecified atom stereocenters. The largest absolute Gasteiger partial charge is 0.497 e. The summed E-state index contributed by atoms with van der Waals surface area (Å²) in [5.74, 6) is -1.13. The Morgan fingerprint density at radius 1 is 1.02 bits per heavy atom. The number of halogens is 1. The van der Waals surface area contributed by atoms with Crippen molar-refractivity contribution in [3.63, 3.8) is 0 Å². The second-order valence-electron chi connectivity index (χ2n) is 10.3. The Morgan fingerprint density at radius 3 is 2.37 bits per heavy atom. The van der Waals surface area contributed by atoms with Crippen molar-refractivity contribution in [2.24, 2.45) is 0 Å². The molecule has 2 amide bonds. The molecule has 3 aromatic rings. The normalized spacial score (nSPS) is 14.3. The van der Waals surface area contributed by atoms with Crippen LogP contribution in [0.2, 0.25) is 0 Å². The number of nitrogens with one attached hydrogen (secondary N) is 1. The first-order chi connectivity index (χ1) is 19.6. The minimum Gasteiger partial charge on any atom is -0.497 e. The van der Waals surface area contributed by atoms with E-state index in [1.807, 2.05) is 6.92 Å². The van der Waals surface area contributed by atoms with Crippen LogP contribution in [0.25, 0.3) is 0 Å². The number of anilines is 1. The highest BCUT2D eigenvalue weighted by Crippen LogP contribution is 2.28. The third-order valence-corrected chi connectivity index (χ3v) is 9.18. The maximum Gasteiger partial charge on any atom is 0.264 e. The molecular weight excluding hydrogens is 545 g/mol. The highest BCUT2D eigenvalue weighted by molar-refractivity contribution is 7.92. The molecule has 4 rings (SSSR count). The number of methoxy groups -OCH3 is 1. The van der Waals surface area contributed by atoms with Crippen LogP contribution in [0.4, 0.5) is 10.1 Å². The van der Waals surface area contributed by atoms with Crippen LogP contribution in [-0.4, -0.2) is 50.9 Å². The molecule has 1 atom stereocenters. The molecule has 0 spiro atoms. The number of sulfonamides is 1. The van der Waals surface area contributed by atoms with Gasteiger partial charge in [-0.05, 0) is 57.0 Å². The Hall–Kier alpha value is -3.92. The van der Waals surface area contributed by atoms with Crippen LogP contribution in [0.5, 0.6) is 5.75 Å². The molecule has 3 aromatic carbocycles. The summed E-state index contributed by atoms with van der Waals surface area (Å²) in [6, 6.07) is 17.8. The van der Waals surface area contributed by atoms with Gasteiger partial charge in [-0.25, -0.2) is 12.8 Å². The third kappa shape index (κ3) is 7.24. The molecule has 10 heteroatoms. The zero-order chi connectivity index (χ0) is 29.6. The van der Waals surface area contributed by atoms with Crippen molar-refractivity contribution < 1.29 is 27.1 Å². The summed E-state index contributed by atoms with van der Waals surface area (Å²) in [5, 5.41) is 3.00. The molecule has 1 N–H and O–H groups in total. The number of rotatable bonds is 11. The average Bonchev–Trinajstić information content (AvgIpc) is 3.48. The van der Waals surface area contributed by atoms with Gasteiger partial charge in [0.05, 0.1) is 17.7 Å². The summed E-state index contributed by atoms with van der Waals surface area (Å²) in [7, 11) is -2.75. The summed E-state index contributed by atoms with van der Waals surface area (Å²) in [4.78, 5) is 28.5. The van der Waals surface area contributed by atoms with Crippen LogP contribution in [0.15, 0.2) is 77.7 Å². The van der Waals surface area contributed by atoms with Crippen molar-refractivity contribution in [1.29, 1.82) is 0 Å². The van der Waals surface area contributed by atoms with Gasteiger partial charge in [-0.15, -0.1) is 0 Å². The molecule has 218 valence electrons. The molecule has 1 fully saturated rings. The van der Waals surface area contributed by atoms with Gasteiger partial charge >= 0.3 is 0 Å². The van der Waals surface area contributed by atoms with E-state index in [0.29, 0.717) is 5.75 Å². The van der Waals surface area contributed by atoms with E-state index in [4.69, 9.17) is 4.74 Å². The third-order valence-electron chi connectivity index (χ3n) is 7.40.